The third kappa shape index (κ3) is 0.936. The summed E-state index contributed by atoms with van der Waals surface area (Å²) in [7, 11) is 0. The SMILES string of the molecule is C=C1C[C@@H](C)[C@@H](C)C1. The van der Waals surface area contributed by atoms with E-state index in [9.17, 15) is 0 Å². The molecule has 0 saturated heterocycles. The molecule has 8 heavy (non-hydrogen) atoms. The molecule has 1 aliphatic carbocycles. The molecule has 0 aromatic heterocycles. The van der Waals surface area contributed by atoms with Crippen molar-refractivity contribution in [3.8, 4) is 0 Å². The molecular formula is C8H14. The van der Waals surface area contributed by atoms with Gasteiger partial charge in [0.2, 0.25) is 0 Å². The van der Waals surface area contributed by atoms with Crippen molar-refractivity contribution in [2.24, 2.45) is 11.8 Å². The minimum absolute atomic E-state index is 0.891. The lowest BCUT2D eigenvalue weighted by Crippen LogP contribution is -1.95. The molecule has 0 heteroatoms. The summed E-state index contributed by atoms with van der Waals surface area (Å²) < 4.78 is 0. The molecule has 0 spiro atoms. The van der Waals surface area contributed by atoms with Gasteiger partial charge in [-0.05, 0) is 24.7 Å². The zero-order chi connectivity index (χ0) is 6.15. The predicted octanol–water partition coefficient (Wildman–Crippen LogP) is 2.61. The average Bonchev–Trinajstić information content (AvgIpc) is 1.85. The van der Waals surface area contributed by atoms with Crippen molar-refractivity contribution < 1.29 is 0 Å². The Hall–Kier alpha value is -0.260. The second-order valence-corrected chi connectivity index (χ2v) is 3.11. The van der Waals surface area contributed by atoms with Gasteiger partial charge in [0.25, 0.3) is 0 Å². The van der Waals surface area contributed by atoms with E-state index in [1.165, 1.54) is 18.4 Å². The first kappa shape index (κ1) is 5.87. The first-order chi connectivity index (χ1) is 3.70. The molecule has 1 saturated carbocycles. The van der Waals surface area contributed by atoms with Crippen LogP contribution in [-0.4, -0.2) is 0 Å². The van der Waals surface area contributed by atoms with Crippen LogP contribution in [0.3, 0.4) is 0 Å². The molecule has 0 aliphatic heterocycles. The molecule has 0 nitrogen and oxygen atoms in total. The van der Waals surface area contributed by atoms with Crippen molar-refractivity contribution in [3.05, 3.63) is 12.2 Å². The van der Waals surface area contributed by atoms with Gasteiger partial charge >= 0.3 is 0 Å². The van der Waals surface area contributed by atoms with Crippen LogP contribution >= 0.6 is 0 Å². The highest BCUT2D eigenvalue weighted by atomic mass is 14.3. The Labute approximate surface area is 51.6 Å². The first-order valence-electron chi connectivity index (χ1n) is 3.37. The summed E-state index contributed by atoms with van der Waals surface area (Å²) >= 11 is 0. The van der Waals surface area contributed by atoms with Gasteiger partial charge in [0, 0.05) is 0 Å². The fourth-order valence-corrected chi connectivity index (χ4v) is 1.40. The molecule has 1 rings (SSSR count). The van der Waals surface area contributed by atoms with E-state index in [1.807, 2.05) is 0 Å². The molecule has 0 amide bonds. The Kier molecular flexibility index (Phi) is 1.41. The lowest BCUT2D eigenvalue weighted by Gasteiger charge is -2.04. The molecule has 46 valence electrons. The van der Waals surface area contributed by atoms with E-state index in [0.29, 0.717) is 0 Å². The molecule has 1 fully saturated rings. The summed E-state index contributed by atoms with van der Waals surface area (Å²) in [6.45, 7) is 8.57. The van der Waals surface area contributed by atoms with Gasteiger partial charge in [-0.25, -0.2) is 0 Å². The fraction of sp³-hybridized carbons (Fsp3) is 0.750. The van der Waals surface area contributed by atoms with E-state index in [-0.39, 0.29) is 0 Å². The Morgan fingerprint density at radius 2 is 1.62 bits per heavy atom. The van der Waals surface area contributed by atoms with E-state index >= 15 is 0 Å². The van der Waals surface area contributed by atoms with E-state index in [1.54, 1.807) is 0 Å². The Bertz CT molecular complexity index is 90.6. The second-order valence-electron chi connectivity index (χ2n) is 3.11. The van der Waals surface area contributed by atoms with Gasteiger partial charge in [-0.2, -0.15) is 0 Å². The molecule has 0 N–H and O–H groups in total. The predicted molar refractivity (Wildman–Crippen MR) is 36.7 cm³/mol. The maximum absolute atomic E-state index is 3.96. The zero-order valence-electron chi connectivity index (χ0n) is 5.78. The van der Waals surface area contributed by atoms with Crippen molar-refractivity contribution in [3.63, 3.8) is 0 Å². The number of hydrogen-bond donors (Lipinski definition) is 0. The smallest absolute Gasteiger partial charge is 0.0294 e. The summed E-state index contributed by atoms with van der Waals surface area (Å²) in [4.78, 5) is 0. The number of hydrogen-bond acceptors (Lipinski definition) is 0. The molecule has 0 aromatic carbocycles. The monoisotopic (exact) mass is 110 g/mol. The molecule has 0 heterocycles. The minimum atomic E-state index is 0.891. The molecule has 0 aromatic rings. The number of rotatable bonds is 0. The van der Waals surface area contributed by atoms with Crippen LogP contribution in [0.2, 0.25) is 0 Å². The molecular weight excluding hydrogens is 96.1 g/mol. The summed E-state index contributed by atoms with van der Waals surface area (Å²) in [5, 5.41) is 0. The van der Waals surface area contributed by atoms with Gasteiger partial charge in [0.15, 0.2) is 0 Å². The van der Waals surface area contributed by atoms with Crippen LogP contribution in [0.15, 0.2) is 12.2 Å². The van der Waals surface area contributed by atoms with Gasteiger partial charge in [-0.15, -0.1) is 0 Å². The van der Waals surface area contributed by atoms with E-state index in [2.05, 4.69) is 20.4 Å². The third-order valence-corrected chi connectivity index (χ3v) is 2.19. The number of allylic oxidation sites excluding steroid dienone is 1. The summed E-state index contributed by atoms with van der Waals surface area (Å²) in [5.41, 5.74) is 1.45. The minimum Gasteiger partial charge on any atom is -0.0998 e. The standard InChI is InChI=1S/C8H14/c1-6-4-7(2)8(3)5-6/h7-8H,1,4-5H2,2-3H3/t7-,8+. The Morgan fingerprint density at radius 1 is 1.25 bits per heavy atom. The fourth-order valence-electron chi connectivity index (χ4n) is 1.40. The van der Waals surface area contributed by atoms with Crippen molar-refractivity contribution in [2.75, 3.05) is 0 Å². The zero-order valence-corrected chi connectivity index (χ0v) is 5.78. The summed E-state index contributed by atoms with van der Waals surface area (Å²) in [6.07, 6.45) is 2.53. The van der Waals surface area contributed by atoms with E-state index < -0.39 is 0 Å². The summed E-state index contributed by atoms with van der Waals surface area (Å²) in [6, 6.07) is 0. The highest BCUT2D eigenvalue weighted by molar-refractivity contribution is 5.03. The molecule has 2 atom stereocenters. The highest BCUT2D eigenvalue weighted by Crippen LogP contribution is 2.33. The summed E-state index contributed by atoms with van der Waals surface area (Å²) in [5.74, 6) is 1.78. The van der Waals surface area contributed by atoms with Gasteiger partial charge in [0.05, 0.1) is 0 Å². The second kappa shape index (κ2) is 1.93. The van der Waals surface area contributed by atoms with Crippen LogP contribution in [0.25, 0.3) is 0 Å². The molecule has 0 unspecified atom stereocenters. The normalized spacial score (nSPS) is 38.5. The maximum Gasteiger partial charge on any atom is -0.0294 e. The Balaban J connectivity index is 2.51. The van der Waals surface area contributed by atoms with Crippen LogP contribution in [0.1, 0.15) is 26.7 Å². The maximum atomic E-state index is 3.96. The first-order valence-corrected chi connectivity index (χ1v) is 3.37. The van der Waals surface area contributed by atoms with Crippen molar-refractivity contribution in [1.82, 2.24) is 0 Å². The van der Waals surface area contributed by atoms with Crippen molar-refractivity contribution in [2.45, 2.75) is 26.7 Å². The molecule has 0 bridgehead atoms. The largest absolute Gasteiger partial charge is 0.0998 e. The van der Waals surface area contributed by atoms with Crippen LogP contribution in [0, 0.1) is 11.8 Å². The van der Waals surface area contributed by atoms with E-state index in [0.717, 1.165) is 11.8 Å². The quantitative estimate of drug-likeness (QED) is 0.420. The van der Waals surface area contributed by atoms with Crippen LogP contribution in [0.4, 0.5) is 0 Å². The lowest BCUT2D eigenvalue weighted by molar-refractivity contribution is 0.457. The van der Waals surface area contributed by atoms with Crippen LogP contribution in [-0.2, 0) is 0 Å². The molecule has 1 aliphatic rings. The highest BCUT2D eigenvalue weighted by Gasteiger charge is 2.20. The van der Waals surface area contributed by atoms with Crippen LogP contribution in [0.5, 0.6) is 0 Å². The van der Waals surface area contributed by atoms with Crippen LogP contribution < -0.4 is 0 Å². The van der Waals surface area contributed by atoms with Crippen molar-refractivity contribution >= 4 is 0 Å². The van der Waals surface area contributed by atoms with E-state index in [4.69, 9.17) is 0 Å². The topological polar surface area (TPSA) is 0 Å². The molecule has 0 radical (unpaired) electrons. The van der Waals surface area contributed by atoms with Gasteiger partial charge in [-0.1, -0.05) is 26.0 Å². The lowest BCUT2D eigenvalue weighted by atomic mass is 10.0. The van der Waals surface area contributed by atoms with Gasteiger partial charge in [-0.3, -0.25) is 0 Å². The average molecular weight is 110 g/mol. The Morgan fingerprint density at radius 3 is 1.75 bits per heavy atom. The third-order valence-electron chi connectivity index (χ3n) is 2.19. The van der Waals surface area contributed by atoms with Gasteiger partial charge < -0.3 is 0 Å². The van der Waals surface area contributed by atoms with Crippen molar-refractivity contribution in [1.29, 1.82) is 0 Å². The van der Waals surface area contributed by atoms with Gasteiger partial charge in [0.1, 0.15) is 0 Å².